The molecular formula is C12H19NO2. The maximum atomic E-state index is 11.0. The molecule has 84 valence electrons. The molecule has 0 spiro atoms. The average molecular weight is 209 g/mol. The minimum absolute atomic E-state index is 0.295. The van der Waals surface area contributed by atoms with Gasteiger partial charge in [0.15, 0.2) is 0 Å². The first kappa shape index (κ1) is 10.7. The summed E-state index contributed by atoms with van der Waals surface area (Å²) in [5.74, 6) is 0.348. The van der Waals surface area contributed by atoms with Gasteiger partial charge in [-0.15, -0.1) is 0 Å². The first-order valence-electron chi connectivity index (χ1n) is 5.88. The molecule has 0 aromatic carbocycles. The van der Waals surface area contributed by atoms with Crippen LogP contribution < -0.4 is 5.32 Å². The number of hydrogen-bond acceptors (Lipinski definition) is 2. The number of carboxylic acids is 1. The summed E-state index contributed by atoms with van der Waals surface area (Å²) < 4.78 is 0. The van der Waals surface area contributed by atoms with E-state index in [0.29, 0.717) is 11.8 Å². The molecule has 2 aliphatic carbocycles. The van der Waals surface area contributed by atoms with E-state index >= 15 is 0 Å². The lowest BCUT2D eigenvalue weighted by atomic mass is 9.94. The largest absolute Gasteiger partial charge is 0.480 e. The van der Waals surface area contributed by atoms with Gasteiger partial charge < -0.3 is 10.4 Å². The molecule has 0 aliphatic heterocycles. The molecule has 1 fully saturated rings. The Labute approximate surface area is 90.6 Å². The van der Waals surface area contributed by atoms with Crippen LogP contribution in [0, 0.1) is 11.8 Å². The van der Waals surface area contributed by atoms with Crippen molar-refractivity contribution in [1.29, 1.82) is 0 Å². The zero-order valence-corrected chi connectivity index (χ0v) is 8.98. The summed E-state index contributed by atoms with van der Waals surface area (Å²) in [4.78, 5) is 11.0. The van der Waals surface area contributed by atoms with Gasteiger partial charge in [-0.1, -0.05) is 12.2 Å². The van der Waals surface area contributed by atoms with Gasteiger partial charge in [0.25, 0.3) is 0 Å². The molecule has 3 nitrogen and oxygen atoms in total. The molecule has 3 heteroatoms. The number of allylic oxidation sites excluding steroid dienone is 2. The summed E-state index contributed by atoms with van der Waals surface area (Å²) in [5, 5.41) is 12.3. The van der Waals surface area contributed by atoms with E-state index in [0.717, 1.165) is 32.2 Å². The minimum atomic E-state index is -0.677. The van der Waals surface area contributed by atoms with Crippen LogP contribution in [-0.4, -0.2) is 23.7 Å². The van der Waals surface area contributed by atoms with E-state index in [1.807, 2.05) is 0 Å². The first-order valence-corrected chi connectivity index (χ1v) is 5.88. The molecule has 0 radical (unpaired) electrons. The van der Waals surface area contributed by atoms with Gasteiger partial charge in [0.05, 0.1) is 0 Å². The van der Waals surface area contributed by atoms with Crippen LogP contribution in [0.1, 0.15) is 32.1 Å². The fraction of sp³-hybridized carbons (Fsp3) is 0.750. The van der Waals surface area contributed by atoms with Crippen molar-refractivity contribution in [1.82, 2.24) is 5.32 Å². The third-order valence-corrected chi connectivity index (χ3v) is 3.36. The Morgan fingerprint density at radius 3 is 2.73 bits per heavy atom. The lowest BCUT2D eigenvalue weighted by Crippen LogP contribution is -2.41. The van der Waals surface area contributed by atoms with Crippen LogP contribution in [-0.2, 0) is 4.79 Å². The van der Waals surface area contributed by atoms with Crippen LogP contribution in [0.5, 0.6) is 0 Å². The average Bonchev–Trinajstić information content (AvgIpc) is 3.03. The molecule has 15 heavy (non-hydrogen) atoms. The summed E-state index contributed by atoms with van der Waals surface area (Å²) in [7, 11) is 0. The highest BCUT2D eigenvalue weighted by atomic mass is 16.4. The SMILES string of the molecule is O=C(O)C(NCC1CC=CCC1)C1CC1. The predicted molar refractivity (Wildman–Crippen MR) is 58.6 cm³/mol. The van der Waals surface area contributed by atoms with Gasteiger partial charge in [-0.05, 0) is 50.5 Å². The van der Waals surface area contributed by atoms with E-state index in [9.17, 15) is 4.79 Å². The number of rotatable bonds is 5. The van der Waals surface area contributed by atoms with E-state index in [4.69, 9.17) is 5.11 Å². The third-order valence-electron chi connectivity index (χ3n) is 3.36. The topological polar surface area (TPSA) is 49.3 Å². The molecule has 2 unspecified atom stereocenters. The zero-order valence-electron chi connectivity index (χ0n) is 8.98. The number of aliphatic carboxylic acids is 1. The highest BCUT2D eigenvalue weighted by molar-refractivity contribution is 5.74. The van der Waals surface area contributed by atoms with Gasteiger partial charge in [0.2, 0.25) is 0 Å². The molecule has 2 rings (SSSR count). The van der Waals surface area contributed by atoms with E-state index in [-0.39, 0.29) is 6.04 Å². The number of carbonyl (C=O) groups is 1. The summed E-state index contributed by atoms with van der Waals surface area (Å²) in [6, 6.07) is -0.295. The third kappa shape index (κ3) is 3.06. The maximum Gasteiger partial charge on any atom is 0.320 e. The van der Waals surface area contributed by atoms with Crippen molar-refractivity contribution >= 4 is 5.97 Å². The van der Waals surface area contributed by atoms with Crippen molar-refractivity contribution in [2.24, 2.45) is 11.8 Å². The minimum Gasteiger partial charge on any atom is -0.480 e. The van der Waals surface area contributed by atoms with Crippen LogP contribution >= 0.6 is 0 Å². The Hall–Kier alpha value is -0.830. The van der Waals surface area contributed by atoms with Crippen LogP contribution in [0.15, 0.2) is 12.2 Å². The van der Waals surface area contributed by atoms with Gasteiger partial charge in [-0.3, -0.25) is 4.79 Å². The zero-order chi connectivity index (χ0) is 10.7. The second-order valence-electron chi connectivity index (χ2n) is 4.71. The quantitative estimate of drug-likeness (QED) is 0.679. The predicted octanol–water partition coefficient (Wildman–Crippen LogP) is 1.80. The monoisotopic (exact) mass is 209 g/mol. The summed E-state index contributed by atoms with van der Waals surface area (Å²) >= 11 is 0. The normalized spacial score (nSPS) is 27.6. The van der Waals surface area contributed by atoms with Gasteiger partial charge in [0, 0.05) is 0 Å². The van der Waals surface area contributed by atoms with Gasteiger partial charge in [-0.2, -0.15) is 0 Å². The molecule has 2 aliphatic rings. The van der Waals surface area contributed by atoms with E-state index in [1.165, 1.54) is 6.42 Å². The molecule has 2 N–H and O–H groups in total. The molecule has 2 atom stereocenters. The summed E-state index contributed by atoms with van der Waals surface area (Å²) in [6.07, 6.45) is 10.0. The van der Waals surface area contributed by atoms with Crippen molar-refractivity contribution < 1.29 is 9.90 Å². The van der Waals surface area contributed by atoms with Crippen molar-refractivity contribution in [3.05, 3.63) is 12.2 Å². The molecular weight excluding hydrogens is 190 g/mol. The Balaban J connectivity index is 1.75. The number of carboxylic acid groups (broad SMARTS) is 1. The molecule has 0 aromatic heterocycles. The van der Waals surface area contributed by atoms with Crippen LogP contribution in [0.25, 0.3) is 0 Å². The Bertz CT molecular complexity index is 258. The van der Waals surface area contributed by atoms with Crippen molar-refractivity contribution in [3.8, 4) is 0 Å². The lowest BCUT2D eigenvalue weighted by Gasteiger charge is -2.21. The molecule has 0 saturated heterocycles. The summed E-state index contributed by atoms with van der Waals surface area (Å²) in [6.45, 7) is 0.859. The first-order chi connectivity index (χ1) is 7.27. The second kappa shape index (κ2) is 4.79. The molecule has 1 saturated carbocycles. The van der Waals surface area contributed by atoms with E-state index in [1.54, 1.807) is 0 Å². The maximum absolute atomic E-state index is 11.0. The fourth-order valence-corrected chi connectivity index (χ4v) is 2.22. The van der Waals surface area contributed by atoms with Crippen molar-refractivity contribution in [2.45, 2.75) is 38.1 Å². The molecule has 0 heterocycles. The van der Waals surface area contributed by atoms with Crippen molar-refractivity contribution in [2.75, 3.05) is 6.54 Å². The Kier molecular flexibility index (Phi) is 3.41. The highest BCUT2D eigenvalue weighted by Gasteiger charge is 2.36. The standard InChI is InChI=1S/C12H19NO2/c14-12(15)11(10-6-7-10)13-8-9-4-2-1-3-5-9/h1-2,9-11,13H,3-8H2,(H,14,15). The van der Waals surface area contributed by atoms with E-state index in [2.05, 4.69) is 17.5 Å². The van der Waals surface area contributed by atoms with Crippen molar-refractivity contribution in [3.63, 3.8) is 0 Å². The van der Waals surface area contributed by atoms with Gasteiger partial charge in [0.1, 0.15) is 6.04 Å². The van der Waals surface area contributed by atoms with Crippen LogP contribution in [0.4, 0.5) is 0 Å². The molecule has 0 aromatic rings. The van der Waals surface area contributed by atoms with E-state index < -0.39 is 5.97 Å². The Morgan fingerprint density at radius 1 is 1.40 bits per heavy atom. The summed E-state index contributed by atoms with van der Waals surface area (Å²) in [5.41, 5.74) is 0. The van der Waals surface area contributed by atoms with Crippen LogP contribution in [0.2, 0.25) is 0 Å². The number of hydrogen-bond donors (Lipinski definition) is 2. The lowest BCUT2D eigenvalue weighted by molar-refractivity contribution is -0.140. The molecule has 0 bridgehead atoms. The Morgan fingerprint density at radius 2 is 2.20 bits per heavy atom. The smallest absolute Gasteiger partial charge is 0.320 e. The second-order valence-corrected chi connectivity index (χ2v) is 4.71. The fourth-order valence-electron chi connectivity index (χ4n) is 2.22. The van der Waals surface area contributed by atoms with Gasteiger partial charge >= 0.3 is 5.97 Å². The molecule has 0 amide bonds. The van der Waals surface area contributed by atoms with Crippen LogP contribution in [0.3, 0.4) is 0 Å². The van der Waals surface area contributed by atoms with Gasteiger partial charge in [-0.25, -0.2) is 0 Å². The number of nitrogens with one attached hydrogen (secondary N) is 1. The highest BCUT2D eigenvalue weighted by Crippen LogP contribution is 2.33.